The molecule has 1 atom stereocenters. The topological polar surface area (TPSA) is 72.5 Å². The Morgan fingerprint density at radius 3 is 2.62 bits per heavy atom. The van der Waals surface area contributed by atoms with Crippen molar-refractivity contribution in [3.8, 4) is 0 Å². The van der Waals surface area contributed by atoms with Gasteiger partial charge in [0.05, 0.1) is 19.8 Å². The molecule has 0 radical (unpaired) electrons. The molecule has 21 heavy (non-hydrogen) atoms. The van der Waals surface area contributed by atoms with Crippen molar-refractivity contribution in [2.45, 2.75) is 30.8 Å². The molecule has 6 nitrogen and oxygen atoms in total. The Morgan fingerprint density at radius 2 is 2.10 bits per heavy atom. The lowest BCUT2D eigenvalue weighted by atomic mass is 10.2. The van der Waals surface area contributed by atoms with Gasteiger partial charge in [0.1, 0.15) is 6.54 Å². The van der Waals surface area contributed by atoms with E-state index in [1.54, 1.807) is 5.32 Å². The highest BCUT2D eigenvalue weighted by Crippen LogP contribution is 2.19. The maximum atomic E-state index is 11.9. The zero-order chi connectivity index (χ0) is 16.0. The molecule has 0 aliphatic heterocycles. The highest BCUT2D eigenvalue weighted by molar-refractivity contribution is 7.99. The Labute approximate surface area is 124 Å². The number of amides is 1. The second-order valence-corrected chi connectivity index (χ2v) is 5.55. The van der Waals surface area contributed by atoms with Crippen LogP contribution in [0.5, 0.6) is 0 Å². The number of rotatable bonds is 7. The number of nitrogens with one attached hydrogen (secondary N) is 2. The highest BCUT2D eigenvalue weighted by Gasteiger charge is 2.28. The van der Waals surface area contributed by atoms with Crippen LogP contribution in [0.15, 0.2) is 9.64 Å². The second kappa shape index (κ2) is 7.64. The molecular weight excluding hydrogens is 309 g/mol. The first-order chi connectivity index (χ1) is 9.73. The van der Waals surface area contributed by atoms with Gasteiger partial charge in [0.2, 0.25) is 5.91 Å². The molecule has 1 heterocycles. The number of nitrogens with zero attached hydrogens (tertiary/aromatic N) is 2. The molecule has 1 amide bonds. The van der Waals surface area contributed by atoms with Crippen molar-refractivity contribution in [3.05, 3.63) is 5.89 Å². The Kier molecular flexibility index (Phi) is 6.46. The number of quaternary nitrogens is 1. The van der Waals surface area contributed by atoms with Crippen molar-refractivity contribution in [1.29, 1.82) is 0 Å². The van der Waals surface area contributed by atoms with Crippen LogP contribution >= 0.6 is 11.8 Å². The summed E-state index contributed by atoms with van der Waals surface area (Å²) in [6, 6.07) is 0.0471. The van der Waals surface area contributed by atoms with Crippen LogP contribution in [0.3, 0.4) is 0 Å². The predicted octanol–water partition coefficient (Wildman–Crippen LogP) is 0.436. The number of alkyl halides is 3. The van der Waals surface area contributed by atoms with Gasteiger partial charge in [-0.05, 0) is 0 Å². The summed E-state index contributed by atoms with van der Waals surface area (Å²) in [7, 11) is 3.91. The van der Waals surface area contributed by atoms with E-state index < -0.39 is 18.6 Å². The first-order valence-corrected chi connectivity index (χ1v) is 7.31. The molecule has 0 saturated carbocycles. The van der Waals surface area contributed by atoms with Gasteiger partial charge in [0, 0.05) is 6.42 Å². The summed E-state index contributed by atoms with van der Waals surface area (Å²) in [6.07, 6.45) is -3.61. The van der Waals surface area contributed by atoms with E-state index in [1.807, 2.05) is 21.0 Å². The molecule has 1 aromatic rings. The summed E-state index contributed by atoms with van der Waals surface area (Å²) < 4.78 is 41.2. The van der Waals surface area contributed by atoms with Gasteiger partial charge >= 0.3 is 6.18 Å². The summed E-state index contributed by atoms with van der Waals surface area (Å²) in [5.74, 6) is -0.485. The SMILES string of the molecule is CC[C@@H](c1nnc(SCC(=O)NCC(F)(F)F)o1)[NH+](C)C. The molecule has 0 aliphatic carbocycles. The molecule has 10 heteroatoms. The molecule has 0 spiro atoms. The van der Waals surface area contributed by atoms with Crippen molar-refractivity contribution in [2.75, 3.05) is 26.4 Å². The molecule has 0 unspecified atom stereocenters. The van der Waals surface area contributed by atoms with Gasteiger partial charge in [-0.25, -0.2) is 0 Å². The number of carbonyl (C=O) groups excluding carboxylic acids is 1. The number of halogens is 3. The first kappa shape index (κ1) is 17.8. The minimum atomic E-state index is -4.42. The van der Waals surface area contributed by atoms with Gasteiger partial charge in [-0.3, -0.25) is 4.79 Å². The van der Waals surface area contributed by atoms with Gasteiger partial charge in [0.25, 0.3) is 11.1 Å². The van der Waals surface area contributed by atoms with E-state index in [0.717, 1.165) is 23.1 Å². The Hall–Kier alpha value is -1.29. The van der Waals surface area contributed by atoms with Crippen LogP contribution in [0.4, 0.5) is 13.2 Å². The highest BCUT2D eigenvalue weighted by atomic mass is 32.2. The lowest BCUT2D eigenvalue weighted by molar-refractivity contribution is -0.894. The third-order valence-electron chi connectivity index (χ3n) is 2.64. The number of thioether (sulfide) groups is 1. The quantitative estimate of drug-likeness (QED) is 0.711. The van der Waals surface area contributed by atoms with Crippen LogP contribution in [0.1, 0.15) is 25.3 Å². The summed E-state index contributed by atoms with van der Waals surface area (Å²) >= 11 is 0.911. The van der Waals surface area contributed by atoms with Gasteiger partial charge < -0.3 is 14.6 Å². The maximum Gasteiger partial charge on any atom is 0.405 e. The molecule has 1 rings (SSSR count). The first-order valence-electron chi connectivity index (χ1n) is 6.32. The standard InChI is InChI=1S/C11H17F3N4O2S/c1-4-7(18(2)3)9-16-17-10(20-9)21-5-8(19)15-6-11(12,13)14/h7H,4-6H2,1-3H3,(H,15,19)/p+1/t7-/m0/s1. The Bertz CT molecular complexity index is 465. The van der Waals surface area contributed by atoms with Crippen LogP contribution in [0.25, 0.3) is 0 Å². The summed E-state index contributed by atoms with van der Waals surface area (Å²) in [4.78, 5) is 12.4. The van der Waals surface area contributed by atoms with Crippen molar-refractivity contribution in [1.82, 2.24) is 15.5 Å². The molecule has 0 fully saturated rings. The van der Waals surface area contributed by atoms with E-state index in [1.165, 1.54) is 0 Å². The lowest BCUT2D eigenvalue weighted by Gasteiger charge is -2.15. The lowest BCUT2D eigenvalue weighted by Crippen LogP contribution is -3.06. The van der Waals surface area contributed by atoms with E-state index in [9.17, 15) is 18.0 Å². The monoisotopic (exact) mass is 327 g/mol. The summed E-state index contributed by atoms with van der Waals surface area (Å²) in [6.45, 7) is 0.642. The molecule has 0 aliphatic rings. The van der Waals surface area contributed by atoms with E-state index >= 15 is 0 Å². The smallest absolute Gasteiger partial charge is 0.405 e. The fourth-order valence-corrected chi connectivity index (χ4v) is 2.23. The fraction of sp³-hybridized carbons (Fsp3) is 0.727. The van der Waals surface area contributed by atoms with E-state index in [0.29, 0.717) is 5.89 Å². The van der Waals surface area contributed by atoms with Crippen LogP contribution in [0.2, 0.25) is 0 Å². The Balaban J connectivity index is 2.46. The second-order valence-electron chi connectivity index (χ2n) is 4.62. The summed E-state index contributed by atoms with van der Waals surface area (Å²) in [5.41, 5.74) is 0. The molecule has 1 aromatic heterocycles. The molecule has 0 aromatic carbocycles. The van der Waals surface area contributed by atoms with Gasteiger partial charge in [-0.2, -0.15) is 13.2 Å². The average molecular weight is 327 g/mol. The number of hydrogen-bond donors (Lipinski definition) is 2. The third kappa shape index (κ3) is 6.34. The predicted molar refractivity (Wildman–Crippen MR) is 69.9 cm³/mol. The molecule has 0 bridgehead atoms. The van der Waals surface area contributed by atoms with Crippen LogP contribution in [0, 0.1) is 0 Å². The van der Waals surface area contributed by atoms with Crippen molar-refractivity contribution < 1.29 is 27.3 Å². The average Bonchev–Trinajstić information content (AvgIpc) is 2.82. The van der Waals surface area contributed by atoms with Crippen LogP contribution < -0.4 is 10.2 Å². The van der Waals surface area contributed by atoms with Crippen LogP contribution in [-0.4, -0.2) is 48.7 Å². The number of carbonyl (C=O) groups is 1. The third-order valence-corrected chi connectivity index (χ3v) is 3.46. The minimum absolute atomic E-state index is 0.0471. The molecular formula is C11H18F3N4O2S+. The van der Waals surface area contributed by atoms with E-state index in [-0.39, 0.29) is 17.0 Å². The van der Waals surface area contributed by atoms with E-state index in [4.69, 9.17) is 4.42 Å². The van der Waals surface area contributed by atoms with Crippen molar-refractivity contribution in [3.63, 3.8) is 0 Å². The molecule has 0 saturated heterocycles. The number of aromatic nitrogens is 2. The largest absolute Gasteiger partial charge is 0.410 e. The Morgan fingerprint density at radius 1 is 1.43 bits per heavy atom. The molecule has 2 N–H and O–H groups in total. The number of hydrogen-bond acceptors (Lipinski definition) is 5. The van der Waals surface area contributed by atoms with Crippen molar-refractivity contribution >= 4 is 17.7 Å². The zero-order valence-corrected chi connectivity index (χ0v) is 12.8. The maximum absolute atomic E-state index is 11.9. The fourth-order valence-electron chi connectivity index (χ4n) is 1.63. The van der Waals surface area contributed by atoms with Gasteiger partial charge in [-0.1, -0.05) is 18.7 Å². The van der Waals surface area contributed by atoms with Gasteiger partial charge in [-0.15, -0.1) is 10.2 Å². The zero-order valence-electron chi connectivity index (χ0n) is 12.0. The summed E-state index contributed by atoms with van der Waals surface area (Å²) in [5, 5.41) is 9.63. The van der Waals surface area contributed by atoms with E-state index in [2.05, 4.69) is 10.2 Å². The van der Waals surface area contributed by atoms with Gasteiger partial charge in [0.15, 0.2) is 6.04 Å². The normalized spacial score (nSPS) is 13.5. The van der Waals surface area contributed by atoms with Crippen LogP contribution in [-0.2, 0) is 4.79 Å². The van der Waals surface area contributed by atoms with Crippen molar-refractivity contribution in [2.24, 2.45) is 0 Å². The molecule has 120 valence electrons. The minimum Gasteiger partial charge on any atom is -0.410 e.